The first-order valence-corrected chi connectivity index (χ1v) is 13.7. The number of likely N-dealkylation sites (N-methyl/N-ethyl adjacent to an activating group) is 1. The number of benzene rings is 3. The summed E-state index contributed by atoms with van der Waals surface area (Å²) in [5.74, 6) is -0.836. The number of halogens is 1. The molecule has 3 rings (SSSR count). The number of hydrogen-bond donors (Lipinski definition) is 1. The van der Waals surface area contributed by atoms with Crippen molar-refractivity contribution in [2.75, 3.05) is 17.9 Å². The molecule has 0 aliphatic carbocycles. The van der Waals surface area contributed by atoms with Crippen molar-refractivity contribution in [1.29, 1.82) is 0 Å². The third-order valence-electron chi connectivity index (χ3n) is 5.89. The van der Waals surface area contributed by atoms with Gasteiger partial charge in [-0.05, 0) is 62.7 Å². The molecule has 36 heavy (non-hydrogen) atoms. The second-order valence-electron chi connectivity index (χ2n) is 8.60. The largest absolute Gasteiger partial charge is 0.357 e. The van der Waals surface area contributed by atoms with Gasteiger partial charge in [-0.1, -0.05) is 63.5 Å². The molecule has 0 fully saturated rings. The molecule has 1 N–H and O–H groups in total. The van der Waals surface area contributed by atoms with Gasteiger partial charge in [-0.25, -0.2) is 8.42 Å². The molecule has 0 saturated carbocycles. The predicted molar refractivity (Wildman–Crippen MR) is 145 cm³/mol. The van der Waals surface area contributed by atoms with E-state index in [-0.39, 0.29) is 17.3 Å². The fraction of sp³-hybridized carbons (Fsp3) is 0.259. The van der Waals surface area contributed by atoms with Gasteiger partial charge in [0.1, 0.15) is 12.6 Å². The lowest BCUT2D eigenvalue weighted by Gasteiger charge is -2.31. The molecule has 0 unspecified atom stereocenters. The Morgan fingerprint density at radius 3 is 1.94 bits per heavy atom. The quantitative estimate of drug-likeness (QED) is 0.411. The minimum atomic E-state index is -4.07. The Kier molecular flexibility index (Phi) is 8.92. The van der Waals surface area contributed by atoms with Crippen LogP contribution in [0.15, 0.2) is 82.2 Å². The van der Waals surface area contributed by atoms with Crippen molar-refractivity contribution < 1.29 is 18.0 Å². The van der Waals surface area contributed by atoms with Crippen LogP contribution in [0.4, 0.5) is 5.69 Å². The zero-order chi connectivity index (χ0) is 26.5. The molecule has 3 aromatic rings. The average molecular weight is 573 g/mol. The average Bonchev–Trinajstić information content (AvgIpc) is 2.86. The van der Waals surface area contributed by atoms with E-state index in [9.17, 15) is 18.0 Å². The van der Waals surface area contributed by atoms with Crippen molar-refractivity contribution in [1.82, 2.24) is 10.2 Å². The molecular weight excluding hydrogens is 542 g/mol. The molecular formula is C27H30BrN3O4S. The van der Waals surface area contributed by atoms with E-state index in [1.54, 1.807) is 43.3 Å². The monoisotopic (exact) mass is 571 g/mol. The van der Waals surface area contributed by atoms with E-state index in [2.05, 4.69) is 21.2 Å². The van der Waals surface area contributed by atoms with Crippen LogP contribution in [0, 0.1) is 13.8 Å². The van der Waals surface area contributed by atoms with E-state index < -0.39 is 28.5 Å². The number of carbonyl (C=O) groups is 2. The Morgan fingerprint density at radius 2 is 1.42 bits per heavy atom. The van der Waals surface area contributed by atoms with E-state index in [1.165, 1.54) is 24.1 Å². The Balaban J connectivity index is 2.01. The molecule has 9 heteroatoms. The summed E-state index contributed by atoms with van der Waals surface area (Å²) in [6.45, 7) is 5.16. The highest BCUT2D eigenvalue weighted by Gasteiger charge is 2.32. The minimum Gasteiger partial charge on any atom is -0.357 e. The summed E-state index contributed by atoms with van der Waals surface area (Å²) < 4.78 is 29.3. The summed E-state index contributed by atoms with van der Waals surface area (Å²) in [6, 6.07) is 20.0. The number of anilines is 1. The van der Waals surface area contributed by atoms with Crippen molar-refractivity contribution in [2.24, 2.45) is 0 Å². The summed E-state index contributed by atoms with van der Waals surface area (Å²) in [5.41, 5.74) is 3.17. The van der Waals surface area contributed by atoms with Crippen LogP contribution in [-0.2, 0) is 26.2 Å². The number of amides is 2. The fourth-order valence-electron chi connectivity index (χ4n) is 3.66. The molecule has 2 amide bonds. The molecule has 3 aromatic carbocycles. The summed E-state index contributed by atoms with van der Waals surface area (Å²) in [5, 5.41) is 2.58. The van der Waals surface area contributed by atoms with Crippen LogP contribution >= 0.6 is 15.9 Å². The molecule has 0 heterocycles. The number of aryl methyl sites for hydroxylation is 2. The smallest absolute Gasteiger partial charge is 0.264 e. The molecule has 0 spiro atoms. The maximum absolute atomic E-state index is 13.7. The van der Waals surface area contributed by atoms with Gasteiger partial charge >= 0.3 is 0 Å². The van der Waals surface area contributed by atoms with Gasteiger partial charge in [0.05, 0.1) is 10.6 Å². The molecule has 0 saturated heterocycles. The third-order valence-corrected chi connectivity index (χ3v) is 8.21. The van der Waals surface area contributed by atoms with Gasteiger partial charge in [-0.3, -0.25) is 13.9 Å². The van der Waals surface area contributed by atoms with Crippen LogP contribution in [-0.4, -0.2) is 44.8 Å². The van der Waals surface area contributed by atoms with E-state index in [0.29, 0.717) is 5.69 Å². The first kappa shape index (κ1) is 27.4. The third kappa shape index (κ3) is 6.53. The standard InChI is InChI=1S/C27H30BrN3O4S/c1-19-5-9-22(10-6-19)17-30(21(3)27(33)29-4)26(32)18-31(24-13-11-23(28)12-14-24)36(34,35)25-15-7-20(2)8-16-25/h5-16,21H,17-18H2,1-4H3,(H,29,33)/t21-/m0/s1. The van der Waals surface area contributed by atoms with Crippen LogP contribution in [0.3, 0.4) is 0 Å². The van der Waals surface area contributed by atoms with Crippen LogP contribution in [0.1, 0.15) is 23.6 Å². The number of nitrogens with one attached hydrogen (secondary N) is 1. The topological polar surface area (TPSA) is 86.8 Å². The highest BCUT2D eigenvalue weighted by atomic mass is 79.9. The number of rotatable bonds is 9. The van der Waals surface area contributed by atoms with Gasteiger partial charge in [0.2, 0.25) is 11.8 Å². The summed E-state index contributed by atoms with van der Waals surface area (Å²) in [6.07, 6.45) is 0. The molecule has 0 bridgehead atoms. The normalized spacial score (nSPS) is 12.0. The highest BCUT2D eigenvalue weighted by molar-refractivity contribution is 9.10. The van der Waals surface area contributed by atoms with E-state index >= 15 is 0 Å². The minimum absolute atomic E-state index is 0.0771. The van der Waals surface area contributed by atoms with E-state index in [1.807, 2.05) is 38.1 Å². The van der Waals surface area contributed by atoms with Crippen molar-refractivity contribution in [3.05, 3.63) is 94.0 Å². The second kappa shape index (κ2) is 11.7. The number of nitrogens with zero attached hydrogens (tertiary/aromatic N) is 2. The molecule has 0 aromatic heterocycles. The van der Waals surface area contributed by atoms with Gasteiger partial charge in [0, 0.05) is 18.1 Å². The van der Waals surface area contributed by atoms with Crippen molar-refractivity contribution in [3.63, 3.8) is 0 Å². The zero-order valence-corrected chi connectivity index (χ0v) is 23.1. The number of carbonyl (C=O) groups excluding carboxylic acids is 2. The molecule has 190 valence electrons. The predicted octanol–water partition coefficient (Wildman–Crippen LogP) is 4.42. The maximum atomic E-state index is 13.7. The molecule has 0 radical (unpaired) electrons. The molecule has 0 aliphatic rings. The lowest BCUT2D eigenvalue weighted by molar-refractivity contribution is -0.139. The van der Waals surface area contributed by atoms with E-state index in [4.69, 9.17) is 0 Å². The first-order chi connectivity index (χ1) is 17.0. The van der Waals surface area contributed by atoms with Crippen LogP contribution in [0.5, 0.6) is 0 Å². The van der Waals surface area contributed by atoms with Crippen molar-refractivity contribution in [2.45, 2.75) is 38.3 Å². The van der Waals surface area contributed by atoms with Gasteiger partial charge in [-0.2, -0.15) is 0 Å². The van der Waals surface area contributed by atoms with Crippen molar-refractivity contribution in [3.8, 4) is 0 Å². The Morgan fingerprint density at radius 1 is 0.889 bits per heavy atom. The molecule has 0 aliphatic heterocycles. The lowest BCUT2D eigenvalue weighted by Crippen LogP contribution is -2.50. The zero-order valence-electron chi connectivity index (χ0n) is 20.7. The highest BCUT2D eigenvalue weighted by Crippen LogP contribution is 2.26. The van der Waals surface area contributed by atoms with E-state index in [0.717, 1.165) is 25.5 Å². The first-order valence-electron chi connectivity index (χ1n) is 11.4. The maximum Gasteiger partial charge on any atom is 0.264 e. The Hall–Kier alpha value is -3.17. The van der Waals surface area contributed by atoms with Crippen LogP contribution in [0.25, 0.3) is 0 Å². The van der Waals surface area contributed by atoms with Gasteiger partial charge in [0.15, 0.2) is 0 Å². The number of hydrogen-bond acceptors (Lipinski definition) is 4. The summed E-state index contributed by atoms with van der Waals surface area (Å²) >= 11 is 3.37. The molecule has 7 nitrogen and oxygen atoms in total. The fourth-order valence-corrected chi connectivity index (χ4v) is 5.33. The Labute approximate surface area is 221 Å². The number of sulfonamides is 1. The summed E-state index contributed by atoms with van der Waals surface area (Å²) in [4.78, 5) is 27.7. The van der Waals surface area contributed by atoms with Crippen LogP contribution < -0.4 is 9.62 Å². The van der Waals surface area contributed by atoms with Gasteiger partial charge < -0.3 is 10.2 Å². The van der Waals surface area contributed by atoms with Gasteiger partial charge in [-0.15, -0.1) is 0 Å². The van der Waals surface area contributed by atoms with Crippen LogP contribution in [0.2, 0.25) is 0 Å². The summed E-state index contributed by atoms with van der Waals surface area (Å²) in [7, 11) is -2.57. The molecule has 1 atom stereocenters. The second-order valence-corrected chi connectivity index (χ2v) is 11.4. The lowest BCUT2D eigenvalue weighted by atomic mass is 10.1. The SMILES string of the molecule is CNC(=O)[C@H](C)N(Cc1ccc(C)cc1)C(=O)CN(c1ccc(Br)cc1)S(=O)(=O)c1ccc(C)cc1. The Bertz CT molecular complexity index is 1310. The van der Waals surface area contributed by atoms with Gasteiger partial charge in [0.25, 0.3) is 10.0 Å². The van der Waals surface area contributed by atoms with Crippen molar-refractivity contribution >= 4 is 43.5 Å².